The lowest BCUT2D eigenvalue weighted by molar-refractivity contribution is 0.0962. The summed E-state index contributed by atoms with van der Waals surface area (Å²) in [6, 6.07) is 4.97. The van der Waals surface area contributed by atoms with E-state index in [1.54, 1.807) is 29.7 Å². The number of benzene rings is 1. The molecule has 3 aromatic rings. The molecule has 2 heterocycles. The Labute approximate surface area is 145 Å². The smallest absolute Gasteiger partial charge is 0.318 e. The summed E-state index contributed by atoms with van der Waals surface area (Å²) in [5.74, 6) is -0.426. The molecule has 118 valence electrons. The Morgan fingerprint density at radius 3 is 2.87 bits per heavy atom. The molecular weight excluding hydrogens is 357 g/mol. The van der Waals surface area contributed by atoms with Crippen LogP contribution < -0.4 is 4.80 Å². The Bertz CT molecular complexity index is 984. The molecule has 0 aliphatic rings. The van der Waals surface area contributed by atoms with Crippen LogP contribution in [0.25, 0.3) is 10.2 Å². The van der Waals surface area contributed by atoms with E-state index < -0.39 is 5.91 Å². The Kier molecular flexibility index (Phi) is 4.39. The zero-order valence-electron chi connectivity index (χ0n) is 12.0. The third-order valence-electron chi connectivity index (χ3n) is 3.08. The van der Waals surface area contributed by atoms with Gasteiger partial charge in [0.25, 0.3) is 0 Å². The first kappa shape index (κ1) is 16.0. The molecule has 0 radical (unpaired) electrons. The van der Waals surface area contributed by atoms with Gasteiger partial charge >= 0.3 is 5.91 Å². The molecule has 0 unspecified atom stereocenters. The van der Waals surface area contributed by atoms with Crippen LogP contribution >= 0.6 is 34.5 Å². The molecule has 0 saturated carbocycles. The molecule has 0 bridgehead atoms. The van der Waals surface area contributed by atoms with Crippen molar-refractivity contribution in [3.63, 3.8) is 0 Å². The number of aromatic nitrogens is 2. The average Bonchev–Trinajstić information content (AvgIpc) is 3.09. The topological polar surface area (TPSA) is 60.4 Å². The van der Waals surface area contributed by atoms with Crippen molar-refractivity contribution >= 4 is 50.7 Å². The SMILES string of the molecule is C=CCn1c(=NC(=O)c2cc(C)no2)sc2c(Cl)ccc(Cl)c21. The minimum Gasteiger partial charge on any atom is -0.351 e. The van der Waals surface area contributed by atoms with E-state index in [2.05, 4.69) is 16.7 Å². The number of fused-ring (bicyclic) bond motifs is 1. The summed E-state index contributed by atoms with van der Waals surface area (Å²) in [4.78, 5) is 16.8. The molecule has 3 rings (SSSR count). The monoisotopic (exact) mass is 367 g/mol. The lowest BCUT2D eigenvalue weighted by atomic mass is 10.3. The predicted molar refractivity (Wildman–Crippen MR) is 91.2 cm³/mol. The second-order valence-electron chi connectivity index (χ2n) is 4.74. The van der Waals surface area contributed by atoms with E-state index in [1.807, 2.05) is 0 Å². The molecule has 0 spiro atoms. The molecule has 8 heteroatoms. The summed E-state index contributed by atoms with van der Waals surface area (Å²) in [6.45, 7) is 5.91. The molecule has 0 atom stereocenters. The number of nitrogens with zero attached hydrogens (tertiary/aromatic N) is 3. The van der Waals surface area contributed by atoms with Crippen LogP contribution in [0.5, 0.6) is 0 Å². The maximum atomic E-state index is 12.2. The normalized spacial score (nSPS) is 12.0. The molecule has 23 heavy (non-hydrogen) atoms. The Balaban J connectivity index is 2.24. The highest BCUT2D eigenvalue weighted by Gasteiger charge is 2.15. The number of carbonyl (C=O) groups is 1. The Morgan fingerprint density at radius 1 is 1.48 bits per heavy atom. The van der Waals surface area contributed by atoms with E-state index in [1.165, 1.54) is 17.4 Å². The van der Waals surface area contributed by atoms with Crippen LogP contribution in [0.1, 0.15) is 16.2 Å². The molecule has 5 nitrogen and oxygen atoms in total. The number of thiazole rings is 1. The van der Waals surface area contributed by atoms with Crippen molar-refractivity contribution in [1.82, 2.24) is 9.72 Å². The second kappa shape index (κ2) is 6.31. The summed E-state index contributed by atoms with van der Waals surface area (Å²) in [6.07, 6.45) is 1.70. The fourth-order valence-corrected chi connectivity index (χ4v) is 3.75. The third kappa shape index (κ3) is 2.97. The van der Waals surface area contributed by atoms with Crippen LogP contribution in [-0.4, -0.2) is 15.6 Å². The van der Waals surface area contributed by atoms with Gasteiger partial charge < -0.3 is 9.09 Å². The summed E-state index contributed by atoms with van der Waals surface area (Å²) < 4.78 is 7.51. The number of allylic oxidation sites excluding steroid dienone is 1. The van der Waals surface area contributed by atoms with Gasteiger partial charge in [-0.3, -0.25) is 4.79 Å². The first-order chi connectivity index (χ1) is 11.0. The largest absolute Gasteiger partial charge is 0.351 e. The van der Waals surface area contributed by atoms with Gasteiger partial charge in [0, 0.05) is 12.6 Å². The van der Waals surface area contributed by atoms with Crippen LogP contribution in [0.4, 0.5) is 0 Å². The Morgan fingerprint density at radius 2 is 2.22 bits per heavy atom. The molecule has 0 aliphatic carbocycles. The lowest BCUT2D eigenvalue weighted by Gasteiger charge is -2.03. The van der Waals surface area contributed by atoms with E-state index in [-0.39, 0.29) is 5.76 Å². The van der Waals surface area contributed by atoms with Gasteiger partial charge in [0.05, 0.1) is 26.0 Å². The molecule has 2 aromatic heterocycles. The van der Waals surface area contributed by atoms with Crippen LogP contribution in [0, 0.1) is 6.92 Å². The standard InChI is InChI=1S/C15H11Cl2N3O2S/c1-3-6-20-12-9(16)4-5-10(17)13(12)23-15(20)18-14(21)11-7-8(2)19-22-11/h3-5,7H,1,6H2,2H3. The van der Waals surface area contributed by atoms with E-state index >= 15 is 0 Å². The van der Waals surface area contributed by atoms with Gasteiger partial charge in [-0.05, 0) is 19.1 Å². The maximum absolute atomic E-state index is 12.2. The lowest BCUT2D eigenvalue weighted by Crippen LogP contribution is -2.16. The molecule has 1 aromatic carbocycles. The van der Waals surface area contributed by atoms with Crippen molar-refractivity contribution in [2.45, 2.75) is 13.5 Å². The molecule has 0 fully saturated rings. The predicted octanol–water partition coefficient (Wildman–Crippen LogP) is 4.23. The summed E-state index contributed by atoms with van der Waals surface area (Å²) >= 11 is 13.8. The average molecular weight is 368 g/mol. The fourth-order valence-electron chi connectivity index (χ4n) is 2.10. The maximum Gasteiger partial charge on any atom is 0.318 e. The van der Waals surface area contributed by atoms with E-state index in [9.17, 15) is 4.79 Å². The van der Waals surface area contributed by atoms with Crippen LogP contribution in [-0.2, 0) is 6.54 Å². The minimum atomic E-state index is -0.512. The summed E-state index contributed by atoms with van der Waals surface area (Å²) in [5.41, 5.74) is 1.34. The highest BCUT2D eigenvalue weighted by Crippen LogP contribution is 2.31. The van der Waals surface area contributed by atoms with Gasteiger partial charge in [0.1, 0.15) is 0 Å². The molecule has 0 saturated heterocycles. The van der Waals surface area contributed by atoms with E-state index in [0.29, 0.717) is 27.1 Å². The van der Waals surface area contributed by atoms with Crippen molar-refractivity contribution in [1.29, 1.82) is 0 Å². The summed E-state index contributed by atoms with van der Waals surface area (Å²) in [7, 11) is 0. The first-order valence-electron chi connectivity index (χ1n) is 6.62. The second-order valence-corrected chi connectivity index (χ2v) is 6.53. The van der Waals surface area contributed by atoms with E-state index in [0.717, 1.165) is 10.2 Å². The van der Waals surface area contributed by atoms with Crippen molar-refractivity contribution < 1.29 is 9.32 Å². The fraction of sp³-hybridized carbons (Fsp3) is 0.133. The quantitative estimate of drug-likeness (QED) is 0.650. The van der Waals surface area contributed by atoms with Crippen LogP contribution in [0.15, 0.2) is 40.4 Å². The van der Waals surface area contributed by atoms with Gasteiger partial charge in [-0.2, -0.15) is 4.99 Å². The summed E-state index contributed by atoms with van der Waals surface area (Å²) in [5, 5.41) is 4.78. The number of rotatable bonds is 3. The van der Waals surface area contributed by atoms with Gasteiger partial charge in [0.2, 0.25) is 5.76 Å². The number of carbonyl (C=O) groups excluding carboxylic acids is 1. The van der Waals surface area contributed by atoms with Gasteiger partial charge in [-0.25, -0.2) is 0 Å². The van der Waals surface area contributed by atoms with Crippen molar-refractivity contribution in [2.75, 3.05) is 0 Å². The zero-order valence-corrected chi connectivity index (χ0v) is 14.4. The molecule has 0 N–H and O–H groups in total. The highest BCUT2D eigenvalue weighted by molar-refractivity contribution is 7.17. The minimum absolute atomic E-state index is 0.0855. The van der Waals surface area contributed by atoms with Crippen molar-refractivity contribution in [3.8, 4) is 0 Å². The van der Waals surface area contributed by atoms with Gasteiger partial charge in [0.15, 0.2) is 4.80 Å². The number of aryl methyl sites for hydroxylation is 1. The number of amides is 1. The third-order valence-corrected chi connectivity index (χ3v) is 4.92. The Hall–Kier alpha value is -1.89. The number of hydrogen-bond acceptors (Lipinski definition) is 4. The highest BCUT2D eigenvalue weighted by atomic mass is 35.5. The van der Waals surface area contributed by atoms with Crippen LogP contribution in [0.3, 0.4) is 0 Å². The van der Waals surface area contributed by atoms with E-state index in [4.69, 9.17) is 27.7 Å². The number of halogens is 2. The first-order valence-corrected chi connectivity index (χ1v) is 8.19. The molecular formula is C15H11Cl2N3O2S. The zero-order chi connectivity index (χ0) is 16.6. The van der Waals surface area contributed by atoms with Crippen LogP contribution in [0.2, 0.25) is 10.0 Å². The van der Waals surface area contributed by atoms with Crippen molar-refractivity contribution in [3.05, 3.63) is 57.2 Å². The molecule has 1 amide bonds. The molecule has 0 aliphatic heterocycles. The number of hydrogen-bond donors (Lipinski definition) is 0. The van der Waals surface area contributed by atoms with Gasteiger partial charge in [-0.15, -0.1) is 6.58 Å². The van der Waals surface area contributed by atoms with Gasteiger partial charge in [-0.1, -0.05) is 45.8 Å². The van der Waals surface area contributed by atoms with Crippen molar-refractivity contribution in [2.24, 2.45) is 4.99 Å².